The van der Waals surface area contributed by atoms with Crippen molar-refractivity contribution >= 4 is 0 Å². The van der Waals surface area contributed by atoms with Crippen LogP contribution in [0.1, 0.15) is 19.3 Å². The number of nitriles is 1. The average molecular weight is 174 g/mol. The average Bonchev–Trinajstić information content (AvgIpc) is 2.61. The van der Waals surface area contributed by atoms with Crippen LogP contribution in [-0.4, -0.2) is 4.57 Å². The molecule has 2 atom stereocenters. The summed E-state index contributed by atoms with van der Waals surface area (Å²) in [6, 6.07) is 6.38. The predicted molar refractivity (Wildman–Crippen MR) is 50.9 cm³/mol. The van der Waals surface area contributed by atoms with Gasteiger partial charge in [0.1, 0.15) is 0 Å². The SMILES string of the molecule is N#CC[C@@H]1CC[C@H]1Cn1cccc1. The Morgan fingerprint density at radius 3 is 2.46 bits per heavy atom. The lowest BCUT2D eigenvalue weighted by atomic mass is 9.72. The van der Waals surface area contributed by atoms with E-state index in [1.54, 1.807) is 0 Å². The van der Waals surface area contributed by atoms with Crippen LogP contribution in [0, 0.1) is 23.2 Å². The van der Waals surface area contributed by atoms with Gasteiger partial charge in [0.15, 0.2) is 0 Å². The molecule has 2 nitrogen and oxygen atoms in total. The summed E-state index contributed by atoms with van der Waals surface area (Å²) in [5.74, 6) is 1.40. The normalized spacial score (nSPS) is 26.4. The highest BCUT2D eigenvalue weighted by Gasteiger charge is 2.30. The summed E-state index contributed by atoms with van der Waals surface area (Å²) < 4.78 is 2.22. The monoisotopic (exact) mass is 174 g/mol. The van der Waals surface area contributed by atoms with Gasteiger partial charge in [-0.3, -0.25) is 0 Å². The molecule has 1 fully saturated rings. The minimum atomic E-state index is 0.660. The number of hydrogen-bond acceptors (Lipinski definition) is 1. The first-order chi connectivity index (χ1) is 6.40. The van der Waals surface area contributed by atoms with Crippen molar-refractivity contribution in [1.29, 1.82) is 5.26 Å². The van der Waals surface area contributed by atoms with Gasteiger partial charge in [0.05, 0.1) is 6.07 Å². The van der Waals surface area contributed by atoms with Gasteiger partial charge in [0, 0.05) is 25.4 Å². The highest BCUT2D eigenvalue weighted by Crippen LogP contribution is 2.37. The molecule has 0 spiro atoms. The first-order valence-electron chi connectivity index (χ1n) is 4.88. The van der Waals surface area contributed by atoms with Gasteiger partial charge in [-0.05, 0) is 36.8 Å². The van der Waals surface area contributed by atoms with Crippen LogP contribution in [0.5, 0.6) is 0 Å². The van der Waals surface area contributed by atoms with E-state index in [0.29, 0.717) is 5.92 Å². The van der Waals surface area contributed by atoms with Crippen LogP contribution in [0.4, 0.5) is 0 Å². The van der Waals surface area contributed by atoms with Crippen molar-refractivity contribution < 1.29 is 0 Å². The summed E-state index contributed by atoms with van der Waals surface area (Å²) in [7, 11) is 0. The molecule has 0 N–H and O–H groups in total. The summed E-state index contributed by atoms with van der Waals surface area (Å²) in [6.45, 7) is 1.10. The predicted octanol–water partition coefficient (Wildman–Crippen LogP) is 2.43. The first-order valence-corrected chi connectivity index (χ1v) is 4.88. The molecule has 68 valence electrons. The van der Waals surface area contributed by atoms with Crippen LogP contribution in [0.15, 0.2) is 24.5 Å². The Hall–Kier alpha value is -1.23. The first kappa shape index (κ1) is 8.37. The maximum absolute atomic E-state index is 8.59. The van der Waals surface area contributed by atoms with E-state index in [9.17, 15) is 0 Å². The van der Waals surface area contributed by atoms with Gasteiger partial charge in [0.25, 0.3) is 0 Å². The standard InChI is InChI=1S/C11H14N2/c12-6-5-10-3-4-11(10)9-13-7-1-2-8-13/h1-2,7-8,10-11H,3-5,9H2/t10-,11-/m0/s1. The molecule has 1 aliphatic carbocycles. The Kier molecular flexibility index (Phi) is 2.35. The molecule has 1 aromatic heterocycles. The van der Waals surface area contributed by atoms with Crippen LogP contribution in [0.2, 0.25) is 0 Å². The van der Waals surface area contributed by atoms with E-state index in [2.05, 4.69) is 35.2 Å². The Labute approximate surface area is 78.8 Å². The maximum atomic E-state index is 8.59. The molecular formula is C11H14N2. The maximum Gasteiger partial charge on any atom is 0.0624 e. The van der Waals surface area contributed by atoms with Gasteiger partial charge in [0.2, 0.25) is 0 Å². The number of hydrogen-bond donors (Lipinski definition) is 0. The summed E-state index contributed by atoms with van der Waals surface area (Å²) in [5.41, 5.74) is 0. The number of rotatable bonds is 3. The Bertz CT molecular complexity index is 294. The molecule has 0 aromatic carbocycles. The van der Waals surface area contributed by atoms with E-state index in [4.69, 9.17) is 5.26 Å². The second-order valence-electron chi connectivity index (χ2n) is 3.84. The Balaban J connectivity index is 1.87. The zero-order valence-corrected chi connectivity index (χ0v) is 7.69. The molecule has 0 radical (unpaired) electrons. The van der Waals surface area contributed by atoms with Crippen molar-refractivity contribution in [2.75, 3.05) is 0 Å². The number of aromatic nitrogens is 1. The Morgan fingerprint density at radius 1 is 1.23 bits per heavy atom. The smallest absolute Gasteiger partial charge is 0.0624 e. The largest absolute Gasteiger partial charge is 0.354 e. The van der Waals surface area contributed by atoms with E-state index >= 15 is 0 Å². The summed E-state index contributed by atoms with van der Waals surface area (Å²) >= 11 is 0. The third-order valence-electron chi connectivity index (χ3n) is 3.04. The molecule has 2 heteroatoms. The van der Waals surface area contributed by atoms with Gasteiger partial charge in [-0.15, -0.1) is 0 Å². The molecule has 1 aliphatic rings. The van der Waals surface area contributed by atoms with Crippen molar-refractivity contribution in [1.82, 2.24) is 4.57 Å². The van der Waals surface area contributed by atoms with Gasteiger partial charge in [-0.2, -0.15) is 5.26 Å². The molecule has 1 aromatic rings. The molecule has 0 saturated heterocycles. The van der Waals surface area contributed by atoms with E-state index in [1.807, 2.05) is 0 Å². The van der Waals surface area contributed by atoms with E-state index in [-0.39, 0.29) is 0 Å². The topological polar surface area (TPSA) is 28.7 Å². The molecule has 0 bridgehead atoms. The van der Waals surface area contributed by atoms with Gasteiger partial charge in [-0.25, -0.2) is 0 Å². The highest BCUT2D eigenvalue weighted by molar-refractivity contribution is 4.93. The molecular weight excluding hydrogens is 160 g/mol. The molecule has 1 heterocycles. The van der Waals surface area contributed by atoms with Crippen molar-refractivity contribution in [3.63, 3.8) is 0 Å². The van der Waals surface area contributed by atoms with Crippen LogP contribution < -0.4 is 0 Å². The second kappa shape index (κ2) is 3.66. The fraction of sp³-hybridized carbons (Fsp3) is 0.545. The van der Waals surface area contributed by atoms with E-state index < -0.39 is 0 Å². The van der Waals surface area contributed by atoms with Crippen LogP contribution >= 0.6 is 0 Å². The third-order valence-corrected chi connectivity index (χ3v) is 3.04. The van der Waals surface area contributed by atoms with Crippen LogP contribution in [0.25, 0.3) is 0 Å². The van der Waals surface area contributed by atoms with Crippen molar-refractivity contribution in [3.05, 3.63) is 24.5 Å². The van der Waals surface area contributed by atoms with Crippen molar-refractivity contribution in [3.8, 4) is 6.07 Å². The molecule has 0 aliphatic heterocycles. The second-order valence-corrected chi connectivity index (χ2v) is 3.84. The lowest BCUT2D eigenvalue weighted by molar-refractivity contribution is 0.157. The lowest BCUT2D eigenvalue weighted by Gasteiger charge is -2.35. The van der Waals surface area contributed by atoms with Gasteiger partial charge in [-0.1, -0.05) is 0 Å². The van der Waals surface area contributed by atoms with E-state index in [0.717, 1.165) is 18.9 Å². The van der Waals surface area contributed by atoms with Crippen molar-refractivity contribution in [2.24, 2.45) is 11.8 Å². The zero-order valence-electron chi connectivity index (χ0n) is 7.69. The van der Waals surface area contributed by atoms with E-state index in [1.165, 1.54) is 12.8 Å². The number of nitrogens with zero attached hydrogens (tertiary/aromatic N) is 2. The summed E-state index contributed by atoms with van der Waals surface area (Å²) in [5, 5.41) is 8.59. The third kappa shape index (κ3) is 1.75. The zero-order chi connectivity index (χ0) is 9.10. The van der Waals surface area contributed by atoms with Crippen molar-refractivity contribution in [2.45, 2.75) is 25.8 Å². The quantitative estimate of drug-likeness (QED) is 0.691. The molecule has 2 rings (SSSR count). The van der Waals surface area contributed by atoms with Gasteiger partial charge < -0.3 is 4.57 Å². The lowest BCUT2D eigenvalue weighted by Crippen LogP contribution is -2.29. The fourth-order valence-corrected chi connectivity index (χ4v) is 2.03. The molecule has 13 heavy (non-hydrogen) atoms. The van der Waals surface area contributed by atoms with Gasteiger partial charge >= 0.3 is 0 Å². The Morgan fingerprint density at radius 2 is 1.92 bits per heavy atom. The minimum absolute atomic E-state index is 0.660. The van der Waals surface area contributed by atoms with Crippen LogP contribution in [0.3, 0.4) is 0 Å². The fourth-order valence-electron chi connectivity index (χ4n) is 2.03. The summed E-state index contributed by atoms with van der Waals surface area (Å²) in [6.07, 6.45) is 7.49. The molecule has 0 unspecified atom stereocenters. The minimum Gasteiger partial charge on any atom is -0.354 e. The molecule has 0 amide bonds. The molecule has 1 saturated carbocycles. The van der Waals surface area contributed by atoms with Crippen LogP contribution in [-0.2, 0) is 6.54 Å². The highest BCUT2D eigenvalue weighted by atomic mass is 14.9. The summed E-state index contributed by atoms with van der Waals surface area (Å²) in [4.78, 5) is 0.